The van der Waals surface area contributed by atoms with Crippen LogP contribution in [-0.2, 0) is 21.5 Å². The van der Waals surface area contributed by atoms with E-state index in [2.05, 4.69) is 35.7 Å². The van der Waals surface area contributed by atoms with Gasteiger partial charge in [-0.25, -0.2) is 4.68 Å². The highest BCUT2D eigenvalue weighted by Gasteiger charge is 2.21. The third-order valence-corrected chi connectivity index (χ3v) is 5.71. The average molecular weight is 406 g/mol. The van der Waals surface area contributed by atoms with Gasteiger partial charge in [0, 0.05) is 70.4 Å². The van der Waals surface area contributed by atoms with Crippen LogP contribution in [0.1, 0.15) is 32.9 Å². The Kier molecular flexibility index (Phi) is 7.43. The second-order valence-electron chi connectivity index (χ2n) is 9.00. The van der Waals surface area contributed by atoms with Crippen LogP contribution in [0.2, 0.25) is 0 Å². The zero-order valence-corrected chi connectivity index (χ0v) is 18.1. The fraction of sp³-hybridized carbons (Fsp3) is 0.762. The van der Waals surface area contributed by atoms with Crippen LogP contribution in [0.4, 0.5) is 0 Å². The van der Waals surface area contributed by atoms with Crippen LogP contribution in [0, 0.1) is 0 Å². The van der Waals surface area contributed by atoms with Crippen LogP contribution >= 0.6 is 0 Å². The summed E-state index contributed by atoms with van der Waals surface area (Å²) < 4.78 is 6.90. The number of aromatic nitrogens is 2. The maximum absolute atomic E-state index is 12.1. The lowest BCUT2D eigenvalue weighted by molar-refractivity contribution is -0.134. The summed E-state index contributed by atoms with van der Waals surface area (Å²) in [5.41, 5.74) is 0.834. The van der Waals surface area contributed by atoms with Crippen LogP contribution in [0.3, 0.4) is 0 Å². The first-order chi connectivity index (χ1) is 13.8. The summed E-state index contributed by atoms with van der Waals surface area (Å²) in [6.45, 7) is 15.1. The van der Waals surface area contributed by atoms with Gasteiger partial charge in [-0.1, -0.05) is 20.8 Å². The van der Waals surface area contributed by atoms with Crippen molar-refractivity contribution in [3.63, 3.8) is 0 Å². The second-order valence-corrected chi connectivity index (χ2v) is 9.00. The highest BCUT2D eigenvalue weighted by Crippen LogP contribution is 2.18. The van der Waals surface area contributed by atoms with Gasteiger partial charge in [0.25, 0.3) is 5.56 Å². The molecule has 0 N–H and O–H groups in total. The Morgan fingerprint density at radius 1 is 0.931 bits per heavy atom. The van der Waals surface area contributed by atoms with Gasteiger partial charge in [-0.05, 0) is 12.5 Å². The summed E-state index contributed by atoms with van der Waals surface area (Å²) in [4.78, 5) is 30.9. The van der Waals surface area contributed by atoms with Crippen molar-refractivity contribution in [1.29, 1.82) is 0 Å². The topological polar surface area (TPSA) is 70.9 Å². The molecule has 2 aliphatic rings. The van der Waals surface area contributed by atoms with Crippen molar-refractivity contribution in [3.8, 4) is 0 Å². The van der Waals surface area contributed by atoms with Gasteiger partial charge in [-0.3, -0.25) is 19.4 Å². The molecule has 8 nitrogen and oxygen atoms in total. The van der Waals surface area contributed by atoms with Crippen molar-refractivity contribution >= 4 is 5.91 Å². The highest BCUT2D eigenvalue weighted by molar-refractivity contribution is 5.77. The van der Waals surface area contributed by atoms with Gasteiger partial charge in [0.1, 0.15) is 6.61 Å². The van der Waals surface area contributed by atoms with E-state index >= 15 is 0 Å². The lowest BCUT2D eigenvalue weighted by Gasteiger charge is -2.35. The molecule has 0 spiro atoms. The number of rotatable bonds is 6. The Morgan fingerprint density at radius 3 is 2.24 bits per heavy atom. The van der Waals surface area contributed by atoms with Crippen molar-refractivity contribution in [2.75, 3.05) is 65.6 Å². The second kappa shape index (κ2) is 9.82. The fourth-order valence-corrected chi connectivity index (χ4v) is 3.71. The van der Waals surface area contributed by atoms with Crippen molar-refractivity contribution in [3.05, 3.63) is 28.2 Å². The SMILES string of the molecule is CC(C)(C)c1ccc(=O)n(CCN2CCN(CCN3CCCOCC3=O)CC2)n1. The molecule has 0 bridgehead atoms. The summed E-state index contributed by atoms with van der Waals surface area (Å²) in [7, 11) is 0. The van der Waals surface area contributed by atoms with E-state index in [0.29, 0.717) is 13.2 Å². The lowest BCUT2D eigenvalue weighted by Crippen LogP contribution is -2.50. The van der Waals surface area contributed by atoms with Gasteiger partial charge in [0.15, 0.2) is 0 Å². The zero-order chi connectivity index (χ0) is 20.9. The van der Waals surface area contributed by atoms with Crippen LogP contribution in [0.25, 0.3) is 0 Å². The van der Waals surface area contributed by atoms with Gasteiger partial charge >= 0.3 is 0 Å². The number of carbonyl (C=O) groups excluding carboxylic acids is 1. The quantitative estimate of drug-likeness (QED) is 0.683. The molecule has 1 aromatic heterocycles. The number of nitrogens with zero attached hydrogens (tertiary/aromatic N) is 5. The van der Waals surface area contributed by atoms with Crippen LogP contribution < -0.4 is 5.56 Å². The monoisotopic (exact) mass is 405 g/mol. The maximum atomic E-state index is 12.1. The molecule has 0 unspecified atom stereocenters. The van der Waals surface area contributed by atoms with Crippen LogP contribution in [0.15, 0.2) is 16.9 Å². The molecule has 3 rings (SSSR count). The molecule has 162 valence electrons. The number of ether oxygens (including phenoxy) is 1. The van der Waals surface area contributed by atoms with Crippen molar-refractivity contribution in [2.45, 2.75) is 39.2 Å². The normalized spacial score (nSPS) is 20.1. The third kappa shape index (κ3) is 6.35. The number of hydrogen-bond acceptors (Lipinski definition) is 6. The Labute approximate surface area is 173 Å². The van der Waals surface area contributed by atoms with Gasteiger partial charge in [-0.15, -0.1) is 0 Å². The molecular weight excluding hydrogens is 370 g/mol. The minimum absolute atomic E-state index is 0.0391. The molecule has 2 fully saturated rings. The Bertz CT molecular complexity index is 735. The van der Waals surface area contributed by atoms with E-state index in [9.17, 15) is 9.59 Å². The number of hydrogen-bond donors (Lipinski definition) is 0. The van der Waals surface area contributed by atoms with Gasteiger partial charge in [-0.2, -0.15) is 5.10 Å². The Hall–Kier alpha value is -1.77. The van der Waals surface area contributed by atoms with Gasteiger partial charge in [0.05, 0.1) is 12.2 Å². The van der Waals surface area contributed by atoms with Gasteiger partial charge in [0.2, 0.25) is 5.91 Å². The molecule has 8 heteroatoms. The van der Waals surface area contributed by atoms with E-state index in [1.165, 1.54) is 0 Å². The number of amides is 1. The van der Waals surface area contributed by atoms with E-state index in [-0.39, 0.29) is 23.5 Å². The third-order valence-electron chi connectivity index (χ3n) is 5.71. The standard InChI is InChI=1S/C21H35N5O3/c1-21(2,3)18-5-6-19(27)26(22-18)15-13-24-10-8-23(9-11-24)12-14-25-7-4-16-29-17-20(25)28/h5-6H,4,7-17H2,1-3H3. The van der Waals surface area contributed by atoms with Crippen LogP contribution in [0.5, 0.6) is 0 Å². The largest absolute Gasteiger partial charge is 0.372 e. The molecule has 2 aliphatic heterocycles. The minimum atomic E-state index is -0.0675. The van der Waals surface area contributed by atoms with E-state index in [1.807, 2.05) is 11.0 Å². The average Bonchev–Trinajstić information content (AvgIpc) is 2.89. The van der Waals surface area contributed by atoms with E-state index in [0.717, 1.165) is 64.5 Å². The number of piperazine rings is 1. The zero-order valence-electron chi connectivity index (χ0n) is 18.1. The van der Waals surface area contributed by atoms with Crippen molar-refractivity contribution < 1.29 is 9.53 Å². The van der Waals surface area contributed by atoms with E-state index in [4.69, 9.17) is 4.74 Å². The minimum Gasteiger partial charge on any atom is -0.372 e. The molecule has 0 aromatic carbocycles. The predicted octanol–water partition coefficient (Wildman–Crippen LogP) is 0.407. The molecule has 1 aromatic rings. The first-order valence-electron chi connectivity index (χ1n) is 10.7. The summed E-state index contributed by atoms with van der Waals surface area (Å²) in [5.74, 6) is 0.108. The van der Waals surface area contributed by atoms with Crippen molar-refractivity contribution in [2.24, 2.45) is 0 Å². The highest BCUT2D eigenvalue weighted by atomic mass is 16.5. The summed E-state index contributed by atoms with van der Waals surface area (Å²) in [6, 6.07) is 3.46. The molecular formula is C21H35N5O3. The van der Waals surface area contributed by atoms with Gasteiger partial charge < -0.3 is 9.64 Å². The summed E-state index contributed by atoms with van der Waals surface area (Å²) in [5, 5.41) is 4.56. The molecule has 3 heterocycles. The molecule has 0 aliphatic carbocycles. The molecule has 29 heavy (non-hydrogen) atoms. The van der Waals surface area contributed by atoms with E-state index in [1.54, 1.807) is 10.7 Å². The maximum Gasteiger partial charge on any atom is 0.266 e. The molecule has 0 radical (unpaired) electrons. The fourth-order valence-electron chi connectivity index (χ4n) is 3.71. The number of carbonyl (C=O) groups is 1. The van der Waals surface area contributed by atoms with E-state index < -0.39 is 0 Å². The molecule has 0 atom stereocenters. The van der Waals surface area contributed by atoms with Crippen LogP contribution in [-0.4, -0.2) is 96.0 Å². The first-order valence-corrected chi connectivity index (χ1v) is 10.7. The molecule has 1 amide bonds. The lowest BCUT2D eigenvalue weighted by atomic mass is 9.92. The predicted molar refractivity (Wildman–Crippen MR) is 112 cm³/mol. The summed E-state index contributed by atoms with van der Waals surface area (Å²) in [6.07, 6.45) is 0.920. The van der Waals surface area contributed by atoms with Crippen molar-refractivity contribution in [1.82, 2.24) is 24.5 Å². The first kappa shape index (κ1) is 21.9. The molecule has 2 saturated heterocycles. The molecule has 0 saturated carbocycles. The summed E-state index contributed by atoms with van der Waals surface area (Å²) >= 11 is 0. The Balaban J connectivity index is 1.42. The Morgan fingerprint density at radius 2 is 1.59 bits per heavy atom. The smallest absolute Gasteiger partial charge is 0.266 e.